The van der Waals surface area contributed by atoms with Crippen LogP contribution in [0.5, 0.6) is 0 Å². The lowest BCUT2D eigenvalue weighted by Crippen LogP contribution is -2.70. The van der Waals surface area contributed by atoms with Crippen LogP contribution in [0.1, 0.15) is 6.42 Å². The minimum atomic E-state index is -7.91. The van der Waals surface area contributed by atoms with Gasteiger partial charge in [-0.1, -0.05) is 0 Å². The standard InChI is InChI=1S/C11H13F13O3Si/c1-25-28(26-2,27-3)5-4-6(12,13)7(14,15)8(16,17)9(18,19)10(20,21)11(22,23)24/h4-5H2,1-3H3. The Morgan fingerprint density at radius 2 is 0.857 bits per heavy atom. The van der Waals surface area contributed by atoms with Gasteiger partial charge in [0.15, 0.2) is 0 Å². The van der Waals surface area contributed by atoms with Gasteiger partial charge in [-0.2, -0.15) is 57.1 Å². The number of rotatable bonds is 10. The largest absolute Gasteiger partial charge is 0.500 e. The Bertz CT molecular complexity index is 522. The zero-order valence-corrected chi connectivity index (χ0v) is 15.1. The third-order valence-corrected chi connectivity index (χ3v) is 6.40. The van der Waals surface area contributed by atoms with Crippen molar-refractivity contribution in [2.45, 2.75) is 48.3 Å². The van der Waals surface area contributed by atoms with Crippen molar-refractivity contribution in [1.82, 2.24) is 0 Å². The molecule has 0 aromatic rings. The first-order chi connectivity index (χ1) is 12.1. The second-order valence-corrected chi connectivity index (χ2v) is 8.39. The Morgan fingerprint density at radius 3 is 1.14 bits per heavy atom. The van der Waals surface area contributed by atoms with Crippen molar-refractivity contribution in [3.63, 3.8) is 0 Å². The van der Waals surface area contributed by atoms with Gasteiger partial charge in [-0.25, -0.2) is 0 Å². The van der Waals surface area contributed by atoms with E-state index in [2.05, 4.69) is 13.3 Å². The van der Waals surface area contributed by atoms with Crippen LogP contribution in [0.2, 0.25) is 6.04 Å². The monoisotopic (exact) mass is 468 g/mol. The van der Waals surface area contributed by atoms with Crippen LogP contribution in [0.4, 0.5) is 57.1 Å². The van der Waals surface area contributed by atoms with E-state index in [0.29, 0.717) is 0 Å². The summed E-state index contributed by atoms with van der Waals surface area (Å²) in [6.07, 6.45) is -9.86. The lowest BCUT2D eigenvalue weighted by molar-refractivity contribution is -0.440. The molecule has 0 N–H and O–H groups in total. The van der Waals surface area contributed by atoms with E-state index >= 15 is 0 Å². The van der Waals surface area contributed by atoms with Crippen LogP contribution < -0.4 is 0 Å². The summed E-state index contributed by atoms with van der Waals surface area (Å²) in [5.41, 5.74) is 0. The predicted molar refractivity (Wildman–Crippen MR) is 67.0 cm³/mol. The van der Waals surface area contributed by atoms with Gasteiger partial charge in [-0.3, -0.25) is 0 Å². The Labute approximate surface area is 150 Å². The fourth-order valence-corrected chi connectivity index (χ4v) is 3.56. The molecule has 170 valence electrons. The van der Waals surface area contributed by atoms with Crippen molar-refractivity contribution < 1.29 is 70.4 Å². The first-order valence-corrected chi connectivity index (χ1v) is 8.68. The van der Waals surface area contributed by atoms with Gasteiger partial charge in [0.2, 0.25) is 0 Å². The summed E-state index contributed by atoms with van der Waals surface area (Å²) < 4.78 is 182. The molecule has 0 spiro atoms. The summed E-state index contributed by atoms with van der Waals surface area (Å²) in [6.45, 7) is 0. The molecule has 0 atom stereocenters. The maximum Gasteiger partial charge on any atom is 0.500 e. The highest BCUT2D eigenvalue weighted by Crippen LogP contribution is 2.60. The Kier molecular flexibility index (Phi) is 7.56. The summed E-state index contributed by atoms with van der Waals surface area (Å²) in [5, 5.41) is 0. The van der Waals surface area contributed by atoms with Crippen molar-refractivity contribution in [3.05, 3.63) is 0 Å². The maximum atomic E-state index is 13.6. The fraction of sp³-hybridized carbons (Fsp3) is 1.00. The van der Waals surface area contributed by atoms with E-state index in [4.69, 9.17) is 0 Å². The van der Waals surface area contributed by atoms with Crippen LogP contribution in [0.25, 0.3) is 0 Å². The third-order valence-electron chi connectivity index (χ3n) is 3.68. The van der Waals surface area contributed by atoms with Crippen LogP contribution >= 0.6 is 0 Å². The molecular formula is C11H13F13O3Si. The number of alkyl halides is 13. The highest BCUT2D eigenvalue weighted by Gasteiger charge is 2.90. The minimum absolute atomic E-state index is 0.780. The van der Waals surface area contributed by atoms with Crippen molar-refractivity contribution in [2.75, 3.05) is 21.3 Å². The SMILES string of the molecule is CO[Si](CCC(F)(F)C(F)(F)C(F)(F)C(F)(F)C(F)(F)C(F)(F)F)(OC)OC. The molecular weight excluding hydrogens is 455 g/mol. The summed E-state index contributed by atoms with van der Waals surface area (Å²) in [7, 11) is -1.81. The molecule has 0 amide bonds. The number of hydrogen-bond donors (Lipinski definition) is 0. The normalized spacial score (nSPS) is 15.9. The molecule has 0 fully saturated rings. The first-order valence-electron chi connectivity index (χ1n) is 6.75. The molecule has 3 nitrogen and oxygen atoms in total. The van der Waals surface area contributed by atoms with Gasteiger partial charge >= 0.3 is 44.6 Å². The molecule has 0 aromatic heterocycles. The van der Waals surface area contributed by atoms with Gasteiger partial charge in [-0.15, -0.1) is 0 Å². The molecule has 0 bridgehead atoms. The summed E-state index contributed by atoms with van der Waals surface area (Å²) in [4.78, 5) is 0. The Balaban J connectivity index is 6.05. The highest BCUT2D eigenvalue weighted by molar-refractivity contribution is 6.60. The second-order valence-electron chi connectivity index (χ2n) is 5.30. The molecule has 0 rings (SSSR count). The molecule has 0 aromatic carbocycles. The Hall–Kier alpha value is -0.813. The van der Waals surface area contributed by atoms with E-state index in [9.17, 15) is 57.1 Å². The van der Waals surface area contributed by atoms with Crippen LogP contribution in [0, 0.1) is 0 Å². The smallest absolute Gasteiger partial charge is 0.377 e. The third kappa shape index (κ3) is 4.07. The molecule has 0 aliphatic rings. The summed E-state index contributed by atoms with van der Waals surface area (Å²) in [5.74, 6) is -37.0. The first kappa shape index (κ1) is 27.2. The second kappa shape index (κ2) is 7.79. The van der Waals surface area contributed by atoms with Gasteiger partial charge in [0.25, 0.3) is 0 Å². The van der Waals surface area contributed by atoms with Gasteiger partial charge in [0.05, 0.1) is 0 Å². The molecule has 0 saturated carbocycles. The molecule has 0 saturated heterocycles. The van der Waals surface area contributed by atoms with Crippen molar-refractivity contribution >= 4 is 8.80 Å². The van der Waals surface area contributed by atoms with Crippen LogP contribution in [0.3, 0.4) is 0 Å². The van der Waals surface area contributed by atoms with Gasteiger partial charge in [-0.05, 0) is 0 Å². The van der Waals surface area contributed by atoms with Crippen molar-refractivity contribution in [2.24, 2.45) is 0 Å². The quantitative estimate of drug-likeness (QED) is 0.334. The van der Waals surface area contributed by atoms with E-state index in [-0.39, 0.29) is 0 Å². The lowest BCUT2D eigenvalue weighted by atomic mass is 9.93. The minimum Gasteiger partial charge on any atom is -0.377 e. The maximum absolute atomic E-state index is 13.6. The molecule has 0 unspecified atom stereocenters. The average Bonchev–Trinajstić information content (AvgIpc) is 2.54. The Morgan fingerprint density at radius 1 is 0.536 bits per heavy atom. The lowest BCUT2D eigenvalue weighted by Gasteiger charge is -2.40. The molecule has 0 aliphatic heterocycles. The van der Waals surface area contributed by atoms with Crippen molar-refractivity contribution in [1.29, 1.82) is 0 Å². The average molecular weight is 468 g/mol. The molecule has 0 heterocycles. The topological polar surface area (TPSA) is 27.7 Å². The van der Waals surface area contributed by atoms with E-state index < -0.39 is 57.1 Å². The molecule has 17 heteroatoms. The summed E-state index contributed by atoms with van der Waals surface area (Å²) >= 11 is 0. The van der Waals surface area contributed by atoms with Gasteiger partial charge in [0.1, 0.15) is 0 Å². The fourth-order valence-electron chi connectivity index (χ4n) is 1.83. The molecule has 0 radical (unpaired) electrons. The van der Waals surface area contributed by atoms with Crippen molar-refractivity contribution in [3.8, 4) is 0 Å². The zero-order valence-electron chi connectivity index (χ0n) is 14.1. The summed E-state index contributed by atoms with van der Waals surface area (Å²) in [6, 6.07) is -1.39. The zero-order chi connectivity index (χ0) is 23.0. The van der Waals surface area contributed by atoms with Gasteiger partial charge < -0.3 is 13.3 Å². The van der Waals surface area contributed by atoms with E-state index in [1.165, 1.54) is 0 Å². The predicted octanol–water partition coefficient (Wildman–Crippen LogP) is 4.99. The van der Waals surface area contributed by atoms with E-state index in [1.807, 2.05) is 0 Å². The highest BCUT2D eigenvalue weighted by atomic mass is 28.4. The number of halogens is 13. The van der Waals surface area contributed by atoms with Crippen LogP contribution in [0.15, 0.2) is 0 Å². The van der Waals surface area contributed by atoms with Crippen LogP contribution in [-0.4, -0.2) is 65.9 Å². The van der Waals surface area contributed by atoms with E-state index in [0.717, 1.165) is 21.3 Å². The van der Waals surface area contributed by atoms with Gasteiger partial charge in [0, 0.05) is 33.8 Å². The number of hydrogen-bond acceptors (Lipinski definition) is 3. The van der Waals surface area contributed by atoms with E-state index in [1.54, 1.807) is 0 Å². The van der Waals surface area contributed by atoms with Crippen LogP contribution in [-0.2, 0) is 13.3 Å². The molecule has 0 aliphatic carbocycles. The molecule has 28 heavy (non-hydrogen) atoms.